The molecule has 2 atom stereocenters. The highest BCUT2D eigenvalue weighted by Crippen LogP contribution is 2.41. The molecule has 1 aromatic heterocycles. The first-order valence-electron chi connectivity index (χ1n) is 9.54. The van der Waals surface area contributed by atoms with Crippen LogP contribution in [-0.4, -0.2) is 35.8 Å². The molecule has 1 aliphatic heterocycles. The minimum atomic E-state index is -0.998. The van der Waals surface area contributed by atoms with Crippen molar-refractivity contribution in [1.82, 2.24) is 15.5 Å². The number of fused-ring (bicyclic) bond motifs is 2. The van der Waals surface area contributed by atoms with Gasteiger partial charge in [0.15, 0.2) is 0 Å². The smallest absolute Gasteiger partial charge is 0.325 e. The van der Waals surface area contributed by atoms with Gasteiger partial charge in [-0.3, -0.25) is 14.5 Å². The number of carbonyl (C=O) groups is 3. The molecule has 0 bridgehead atoms. The van der Waals surface area contributed by atoms with Crippen LogP contribution in [0, 0.1) is 0 Å². The second-order valence-corrected chi connectivity index (χ2v) is 8.45. The van der Waals surface area contributed by atoms with Gasteiger partial charge in [0.05, 0.1) is 0 Å². The number of thiophene rings is 1. The fourth-order valence-corrected chi connectivity index (χ4v) is 5.05. The van der Waals surface area contributed by atoms with Crippen LogP contribution in [0.3, 0.4) is 0 Å². The van der Waals surface area contributed by atoms with E-state index in [1.54, 1.807) is 11.3 Å². The number of urea groups is 1. The fourth-order valence-electron chi connectivity index (χ4n) is 4.05. The molecule has 2 aliphatic rings. The van der Waals surface area contributed by atoms with E-state index in [0.29, 0.717) is 13.0 Å². The lowest BCUT2D eigenvalue weighted by atomic mass is 9.80. The molecule has 1 aliphatic carbocycles. The molecule has 2 heterocycles. The van der Waals surface area contributed by atoms with Gasteiger partial charge in [0.25, 0.3) is 5.91 Å². The van der Waals surface area contributed by atoms with Crippen molar-refractivity contribution < 1.29 is 14.4 Å². The highest BCUT2D eigenvalue weighted by Gasteiger charge is 2.54. The Labute approximate surface area is 167 Å². The molecule has 2 aromatic rings. The Balaban J connectivity index is 1.41. The predicted molar refractivity (Wildman–Crippen MR) is 107 cm³/mol. The molecule has 1 saturated heterocycles. The molecule has 1 spiro atoms. The van der Waals surface area contributed by atoms with Gasteiger partial charge in [-0.1, -0.05) is 37.3 Å². The summed E-state index contributed by atoms with van der Waals surface area (Å²) in [5, 5.41) is 7.67. The third-order valence-electron chi connectivity index (χ3n) is 5.61. The molecular formula is C21H23N3O3S. The zero-order chi connectivity index (χ0) is 19.7. The van der Waals surface area contributed by atoms with Gasteiger partial charge in [-0.15, -0.1) is 11.3 Å². The average Bonchev–Trinajstić information content (AvgIpc) is 3.27. The van der Waals surface area contributed by atoms with E-state index in [2.05, 4.69) is 10.6 Å². The Hall–Kier alpha value is -2.67. The van der Waals surface area contributed by atoms with Crippen LogP contribution in [0.4, 0.5) is 4.79 Å². The molecule has 28 heavy (non-hydrogen) atoms. The van der Waals surface area contributed by atoms with Crippen LogP contribution < -0.4 is 10.6 Å². The first kappa shape index (κ1) is 18.7. The number of rotatable bonds is 5. The van der Waals surface area contributed by atoms with Gasteiger partial charge in [0.2, 0.25) is 5.91 Å². The lowest BCUT2D eigenvalue weighted by molar-refractivity contribution is -0.135. The molecule has 0 unspecified atom stereocenters. The Kier molecular flexibility index (Phi) is 4.93. The maximum atomic E-state index is 13.1. The number of nitrogens with one attached hydrogen (secondary N) is 2. The number of carbonyl (C=O) groups excluding carboxylic acids is 3. The highest BCUT2D eigenvalue weighted by atomic mass is 32.1. The van der Waals surface area contributed by atoms with E-state index in [-0.39, 0.29) is 24.3 Å². The molecule has 1 fully saturated rings. The van der Waals surface area contributed by atoms with Crippen molar-refractivity contribution in [2.75, 3.05) is 13.1 Å². The highest BCUT2D eigenvalue weighted by molar-refractivity contribution is 7.10. The second-order valence-electron chi connectivity index (χ2n) is 7.45. The van der Waals surface area contributed by atoms with Gasteiger partial charge in [-0.25, -0.2) is 4.79 Å². The summed E-state index contributed by atoms with van der Waals surface area (Å²) in [7, 11) is 0. The van der Waals surface area contributed by atoms with Crippen molar-refractivity contribution in [2.24, 2.45) is 0 Å². The van der Waals surface area contributed by atoms with Gasteiger partial charge >= 0.3 is 6.03 Å². The van der Waals surface area contributed by atoms with Crippen LogP contribution in [-0.2, 0) is 21.5 Å². The zero-order valence-electron chi connectivity index (χ0n) is 15.7. The van der Waals surface area contributed by atoms with Crippen molar-refractivity contribution in [3.63, 3.8) is 0 Å². The summed E-state index contributed by atoms with van der Waals surface area (Å²) in [6.45, 7) is 2.22. The number of benzene rings is 1. The van der Waals surface area contributed by atoms with Crippen LogP contribution in [0.25, 0.3) is 0 Å². The number of nitrogens with zero attached hydrogens (tertiary/aromatic N) is 1. The molecule has 4 amide bonds. The molecule has 0 saturated carbocycles. The first-order valence-corrected chi connectivity index (χ1v) is 10.4. The average molecular weight is 398 g/mol. The molecule has 0 radical (unpaired) electrons. The summed E-state index contributed by atoms with van der Waals surface area (Å²) in [4.78, 5) is 40.2. The quantitative estimate of drug-likeness (QED) is 0.762. The topological polar surface area (TPSA) is 78.5 Å². The minimum Gasteiger partial charge on any atom is -0.354 e. The third kappa shape index (κ3) is 3.20. The van der Waals surface area contributed by atoms with Gasteiger partial charge < -0.3 is 10.6 Å². The monoisotopic (exact) mass is 397 g/mol. The molecule has 1 aromatic carbocycles. The first-order chi connectivity index (χ1) is 13.5. The Morgan fingerprint density at radius 3 is 2.86 bits per heavy atom. The number of imide groups is 1. The molecule has 7 heteroatoms. The van der Waals surface area contributed by atoms with Gasteiger partial charge in [0.1, 0.15) is 12.1 Å². The third-order valence-corrected chi connectivity index (χ3v) is 6.59. The van der Waals surface area contributed by atoms with Crippen molar-refractivity contribution in [2.45, 2.75) is 37.6 Å². The van der Waals surface area contributed by atoms with Crippen LogP contribution >= 0.6 is 11.3 Å². The van der Waals surface area contributed by atoms with E-state index in [1.807, 2.05) is 48.7 Å². The van der Waals surface area contributed by atoms with Crippen LogP contribution in [0.5, 0.6) is 0 Å². The fraction of sp³-hybridized carbons (Fsp3) is 0.381. The van der Waals surface area contributed by atoms with Crippen LogP contribution in [0.1, 0.15) is 41.7 Å². The largest absolute Gasteiger partial charge is 0.354 e. The van der Waals surface area contributed by atoms with Crippen molar-refractivity contribution in [3.05, 3.63) is 57.8 Å². The summed E-state index contributed by atoms with van der Waals surface area (Å²) in [6, 6.07) is 11.3. The second kappa shape index (κ2) is 7.39. The number of amides is 4. The van der Waals surface area contributed by atoms with Gasteiger partial charge in [-0.05, 0) is 42.2 Å². The molecule has 4 rings (SSSR count). The zero-order valence-corrected chi connectivity index (χ0v) is 16.6. The van der Waals surface area contributed by atoms with E-state index in [1.165, 1.54) is 0 Å². The maximum absolute atomic E-state index is 13.1. The molecule has 6 nitrogen and oxygen atoms in total. The van der Waals surface area contributed by atoms with Crippen molar-refractivity contribution in [3.8, 4) is 0 Å². The number of aryl methyl sites for hydroxylation is 1. The van der Waals surface area contributed by atoms with Crippen LogP contribution in [0.2, 0.25) is 0 Å². The Morgan fingerprint density at radius 2 is 2.07 bits per heavy atom. The number of hydrogen-bond acceptors (Lipinski definition) is 4. The summed E-state index contributed by atoms with van der Waals surface area (Å²) in [6.07, 6.45) is 2.34. The number of hydrogen-bond donors (Lipinski definition) is 2. The van der Waals surface area contributed by atoms with Crippen molar-refractivity contribution in [1.29, 1.82) is 0 Å². The predicted octanol–water partition coefficient (Wildman–Crippen LogP) is 2.75. The summed E-state index contributed by atoms with van der Waals surface area (Å²) in [5.41, 5.74) is 1.02. The van der Waals surface area contributed by atoms with Gasteiger partial charge in [-0.2, -0.15) is 0 Å². The van der Waals surface area contributed by atoms with Crippen molar-refractivity contribution >= 4 is 29.2 Å². The lowest BCUT2D eigenvalue weighted by Crippen LogP contribution is -2.47. The normalized spacial score (nSPS) is 22.1. The molecular weight excluding hydrogens is 374 g/mol. The minimum absolute atomic E-state index is 0.145. The van der Waals surface area contributed by atoms with E-state index in [4.69, 9.17) is 0 Å². The Bertz CT molecular complexity index is 911. The standard InChI is InChI=1S/C21H23N3O3S/c1-14(15-6-3-2-4-7-15)12-22-18(25)13-24-19(26)21(23-20(24)27)10-5-8-17-16(21)9-11-28-17/h2-4,6-7,9,11,14H,5,8,10,12-13H2,1H3,(H,22,25)(H,23,27)/t14-,21+/m1/s1. The van der Waals surface area contributed by atoms with E-state index in [0.717, 1.165) is 33.7 Å². The van der Waals surface area contributed by atoms with Crippen LogP contribution in [0.15, 0.2) is 41.8 Å². The summed E-state index contributed by atoms with van der Waals surface area (Å²) >= 11 is 1.61. The van der Waals surface area contributed by atoms with E-state index < -0.39 is 11.6 Å². The summed E-state index contributed by atoms with van der Waals surface area (Å²) in [5.74, 6) is -0.501. The Morgan fingerprint density at radius 1 is 1.29 bits per heavy atom. The van der Waals surface area contributed by atoms with E-state index >= 15 is 0 Å². The summed E-state index contributed by atoms with van der Waals surface area (Å²) < 4.78 is 0. The van der Waals surface area contributed by atoms with Gasteiger partial charge in [0, 0.05) is 17.0 Å². The molecule has 146 valence electrons. The lowest BCUT2D eigenvalue weighted by Gasteiger charge is -2.31. The van der Waals surface area contributed by atoms with E-state index in [9.17, 15) is 14.4 Å². The maximum Gasteiger partial charge on any atom is 0.325 e. The molecule has 2 N–H and O–H groups in total. The SMILES string of the molecule is C[C@H](CNC(=O)CN1C(=O)N[C@]2(CCCc3sccc32)C1=O)c1ccccc1.